The average molecular weight is 309 g/mol. The molecule has 21 heavy (non-hydrogen) atoms. The monoisotopic (exact) mass is 309 g/mol. The first-order valence-electron chi connectivity index (χ1n) is 7.76. The highest BCUT2D eigenvalue weighted by atomic mass is 32.2. The standard InChI is InChI=1S/C17H27NO2S/c1-12-8-9-15(10-13(12)2)17(18-3)14-6-5-7-16(11-14)21(4,19)20/h8-10,14,16-18H,5-7,11H2,1-4H3. The zero-order valence-electron chi connectivity index (χ0n) is 13.5. The van der Waals surface area contributed by atoms with Crippen LogP contribution in [0, 0.1) is 19.8 Å². The fourth-order valence-electron chi connectivity index (χ4n) is 3.51. The lowest BCUT2D eigenvalue weighted by Crippen LogP contribution is -2.34. The van der Waals surface area contributed by atoms with Crippen LogP contribution >= 0.6 is 0 Å². The van der Waals surface area contributed by atoms with Gasteiger partial charge in [-0.25, -0.2) is 8.42 Å². The van der Waals surface area contributed by atoms with Crippen molar-refractivity contribution in [3.05, 3.63) is 34.9 Å². The van der Waals surface area contributed by atoms with Crippen molar-refractivity contribution in [2.75, 3.05) is 13.3 Å². The second kappa shape index (κ2) is 6.49. The summed E-state index contributed by atoms with van der Waals surface area (Å²) in [5.74, 6) is 0.394. The molecule has 1 aliphatic carbocycles. The van der Waals surface area contributed by atoms with Crippen LogP contribution in [0.3, 0.4) is 0 Å². The van der Waals surface area contributed by atoms with Crippen molar-refractivity contribution < 1.29 is 8.42 Å². The van der Waals surface area contributed by atoms with Crippen molar-refractivity contribution in [3.8, 4) is 0 Å². The Morgan fingerprint density at radius 2 is 1.90 bits per heavy atom. The quantitative estimate of drug-likeness (QED) is 0.929. The van der Waals surface area contributed by atoms with E-state index in [0.717, 1.165) is 25.7 Å². The maximum absolute atomic E-state index is 11.9. The molecule has 1 aromatic rings. The molecule has 1 fully saturated rings. The minimum Gasteiger partial charge on any atom is -0.313 e. The van der Waals surface area contributed by atoms with Crippen molar-refractivity contribution in [1.82, 2.24) is 5.32 Å². The van der Waals surface area contributed by atoms with Gasteiger partial charge in [-0.1, -0.05) is 24.6 Å². The van der Waals surface area contributed by atoms with Gasteiger partial charge in [0.15, 0.2) is 0 Å². The maximum atomic E-state index is 11.9. The third-order valence-corrected chi connectivity index (χ3v) is 6.58. The lowest BCUT2D eigenvalue weighted by atomic mass is 9.80. The highest BCUT2D eigenvalue weighted by Gasteiger charge is 2.33. The summed E-state index contributed by atoms with van der Waals surface area (Å²) in [6.45, 7) is 4.25. The van der Waals surface area contributed by atoms with Crippen molar-refractivity contribution in [2.45, 2.75) is 50.8 Å². The highest BCUT2D eigenvalue weighted by Crippen LogP contribution is 2.37. The van der Waals surface area contributed by atoms with Crippen molar-refractivity contribution in [2.24, 2.45) is 5.92 Å². The van der Waals surface area contributed by atoms with E-state index in [1.165, 1.54) is 22.9 Å². The van der Waals surface area contributed by atoms with Gasteiger partial charge in [-0.15, -0.1) is 0 Å². The summed E-state index contributed by atoms with van der Waals surface area (Å²) in [5.41, 5.74) is 3.87. The van der Waals surface area contributed by atoms with E-state index in [2.05, 4.69) is 37.4 Å². The van der Waals surface area contributed by atoms with Gasteiger partial charge in [0.05, 0.1) is 5.25 Å². The van der Waals surface area contributed by atoms with Crippen molar-refractivity contribution in [3.63, 3.8) is 0 Å². The summed E-state index contributed by atoms with van der Waals surface area (Å²) in [7, 11) is -0.949. The van der Waals surface area contributed by atoms with Gasteiger partial charge in [-0.3, -0.25) is 0 Å². The summed E-state index contributed by atoms with van der Waals surface area (Å²) in [6, 6.07) is 6.81. The minimum absolute atomic E-state index is 0.168. The Morgan fingerprint density at radius 1 is 1.19 bits per heavy atom. The molecule has 0 bridgehead atoms. The molecule has 0 aliphatic heterocycles. The molecule has 0 spiro atoms. The molecule has 3 atom stereocenters. The van der Waals surface area contributed by atoms with Gasteiger partial charge >= 0.3 is 0 Å². The Labute approximate surface area is 129 Å². The van der Waals surface area contributed by atoms with Gasteiger partial charge in [0, 0.05) is 12.3 Å². The van der Waals surface area contributed by atoms with E-state index in [1.54, 1.807) is 0 Å². The van der Waals surface area contributed by atoms with E-state index < -0.39 is 9.84 Å². The Kier molecular flexibility index (Phi) is 5.10. The number of rotatable bonds is 4. The van der Waals surface area contributed by atoms with Gasteiger partial charge in [0.2, 0.25) is 0 Å². The number of nitrogens with one attached hydrogen (secondary N) is 1. The van der Waals surface area contributed by atoms with Crippen LogP contribution in [0.2, 0.25) is 0 Å². The molecule has 1 aromatic carbocycles. The van der Waals surface area contributed by atoms with Crippen LogP contribution in [0.25, 0.3) is 0 Å². The number of benzene rings is 1. The van der Waals surface area contributed by atoms with Gasteiger partial charge in [0.25, 0.3) is 0 Å². The second-order valence-electron chi connectivity index (χ2n) is 6.49. The molecule has 0 saturated heterocycles. The molecular formula is C17H27NO2S. The molecule has 1 N–H and O–H groups in total. The summed E-state index contributed by atoms with van der Waals surface area (Å²) < 4.78 is 23.7. The molecular weight excluding hydrogens is 282 g/mol. The predicted molar refractivity (Wildman–Crippen MR) is 88.3 cm³/mol. The zero-order valence-corrected chi connectivity index (χ0v) is 14.3. The summed E-state index contributed by atoms with van der Waals surface area (Å²) >= 11 is 0. The average Bonchev–Trinajstić information content (AvgIpc) is 2.43. The third-order valence-electron chi connectivity index (χ3n) is 4.94. The molecule has 1 saturated carbocycles. The fourth-order valence-corrected chi connectivity index (χ4v) is 4.70. The van der Waals surface area contributed by atoms with Crippen LogP contribution in [0.1, 0.15) is 48.4 Å². The first-order chi connectivity index (χ1) is 9.82. The molecule has 3 unspecified atom stereocenters. The first-order valence-corrected chi connectivity index (χ1v) is 9.71. The van der Waals surface area contributed by atoms with Crippen LogP contribution in [-0.2, 0) is 9.84 Å². The summed E-state index contributed by atoms with van der Waals surface area (Å²) in [5, 5.41) is 3.24. The highest BCUT2D eigenvalue weighted by molar-refractivity contribution is 7.91. The molecule has 0 radical (unpaired) electrons. The Hall–Kier alpha value is -0.870. The smallest absolute Gasteiger partial charge is 0.150 e. The first kappa shape index (κ1) is 16.5. The predicted octanol–water partition coefficient (Wildman–Crippen LogP) is 3.17. The largest absolute Gasteiger partial charge is 0.313 e. The lowest BCUT2D eigenvalue weighted by molar-refractivity contribution is 0.282. The normalized spacial score (nSPS) is 24.8. The van der Waals surface area contributed by atoms with E-state index in [-0.39, 0.29) is 11.3 Å². The van der Waals surface area contributed by atoms with E-state index in [1.807, 2.05) is 7.05 Å². The fraction of sp³-hybridized carbons (Fsp3) is 0.647. The number of aryl methyl sites for hydroxylation is 2. The molecule has 118 valence electrons. The lowest BCUT2D eigenvalue weighted by Gasteiger charge is -2.34. The van der Waals surface area contributed by atoms with Crippen molar-refractivity contribution in [1.29, 1.82) is 0 Å². The molecule has 0 amide bonds. The SMILES string of the molecule is CNC(c1ccc(C)c(C)c1)C1CCCC(S(C)(=O)=O)C1. The van der Waals surface area contributed by atoms with Crippen LogP contribution < -0.4 is 5.32 Å². The Balaban J connectivity index is 2.22. The number of sulfone groups is 1. The Bertz CT molecular complexity index is 595. The topological polar surface area (TPSA) is 46.2 Å². The van der Waals surface area contributed by atoms with Crippen LogP contribution in [-0.4, -0.2) is 27.0 Å². The molecule has 1 aliphatic rings. The van der Waals surface area contributed by atoms with E-state index in [0.29, 0.717) is 5.92 Å². The van der Waals surface area contributed by atoms with Gasteiger partial charge in [0.1, 0.15) is 9.84 Å². The molecule has 0 aromatic heterocycles. The van der Waals surface area contributed by atoms with Crippen LogP contribution in [0.4, 0.5) is 0 Å². The second-order valence-corrected chi connectivity index (χ2v) is 8.81. The summed E-state index contributed by atoms with van der Waals surface area (Å²) in [6.07, 6.45) is 5.08. The van der Waals surface area contributed by atoms with Gasteiger partial charge < -0.3 is 5.32 Å². The number of hydrogen-bond acceptors (Lipinski definition) is 3. The molecule has 3 nitrogen and oxygen atoms in total. The van der Waals surface area contributed by atoms with E-state index >= 15 is 0 Å². The summed E-state index contributed by atoms with van der Waals surface area (Å²) in [4.78, 5) is 0. The van der Waals surface area contributed by atoms with Gasteiger partial charge in [-0.05, 0) is 62.8 Å². The van der Waals surface area contributed by atoms with E-state index in [9.17, 15) is 8.42 Å². The van der Waals surface area contributed by atoms with E-state index in [4.69, 9.17) is 0 Å². The molecule has 2 rings (SSSR count). The van der Waals surface area contributed by atoms with Crippen molar-refractivity contribution >= 4 is 9.84 Å². The Morgan fingerprint density at radius 3 is 2.48 bits per heavy atom. The maximum Gasteiger partial charge on any atom is 0.150 e. The van der Waals surface area contributed by atoms with Gasteiger partial charge in [-0.2, -0.15) is 0 Å². The van der Waals surface area contributed by atoms with Crippen LogP contribution in [0.15, 0.2) is 18.2 Å². The zero-order chi connectivity index (χ0) is 15.6. The number of hydrogen-bond donors (Lipinski definition) is 1. The van der Waals surface area contributed by atoms with Crippen LogP contribution in [0.5, 0.6) is 0 Å². The third kappa shape index (κ3) is 3.86. The molecule has 0 heterocycles. The minimum atomic E-state index is -2.93. The molecule has 4 heteroatoms.